The van der Waals surface area contributed by atoms with Crippen LogP contribution < -0.4 is 10.1 Å². The zero-order valence-corrected chi connectivity index (χ0v) is 13.3. The van der Waals surface area contributed by atoms with Gasteiger partial charge in [0.1, 0.15) is 11.6 Å². The molecule has 1 saturated heterocycles. The highest BCUT2D eigenvalue weighted by Crippen LogP contribution is 2.43. The second-order valence-electron chi connectivity index (χ2n) is 5.81. The third-order valence-corrected chi connectivity index (χ3v) is 4.66. The number of benzene rings is 1. The Hall–Kier alpha value is -0.840. The normalized spacial score (nSPS) is 21.2. The Morgan fingerprint density at radius 2 is 2.00 bits per heavy atom. The Balaban J connectivity index is 0.00000161. The van der Waals surface area contributed by atoms with Gasteiger partial charge in [-0.25, -0.2) is 4.39 Å². The van der Waals surface area contributed by atoms with E-state index in [2.05, 4.69) is 10.2 Å². The van der Waals surface area contributed by atoms with Crippen molar-refractivity contribution in [3.05, 3.63) is 29.6 Å². The van der Waals surface area contributed by atoms with Gasteiger partial charge in [0.25, 0.3) is 0 Å². The Morgan fingerprint density at radius 1 is 1.29 bits per heavy atom. The molecular formula is C16H24ClFN2O. The van der Waals surface area contributed by atoms with Crippen molar-refractivity contribution < 1.29 is 9.13 Å². The average molecular weight is 315 g/mol. The van der Waals surface area contributed by atoms with Crippen molar-refractivity contribution in [3.8, 4) is 5.75 Å². The Labute approximate surface area is 132 Å². The highest BCUT2D eigenvalue weighted by Gasteiger charge is 2.35. The highest BCUT2D eigenvalue weighted by molar-refractivity contribution is 5.85. The maximum absolute atomic E-state index is 14.3. The molecule has 1 heterocycles. The highest BCUT2D eigenvalue weighted by atomic mass is 35.5. The van der Waals surface area contributed by atoms with Crippen molar-refractivity contribution in [2.24, 2.45) is 5.92 Å². The monoisotopic (exact) mass is 314 g/mol. The Kier molecular flexibility index (Phi) is 5.85. The molecule has 0 spiro atoms. The van der Waals surface area contributed by atoms with Crippen LogP contribution in [0.3, 0.4) is 0 Å². The number of methoxy groups -OCH3 is 1. The first-order chi connectivity index (χ1) is 9.79. The SMILES string of the molecule is COc1ccc(F)c([C@@H](C2CCC2)N2CCNCC2)c1.Cl. The fourth-order valence-electron chi connectivity index (χ4n) is 3.34. The lowest BCUT2D eigenvalue weighted by Gasteiger charge is -2.43. The van der Waals surface area contributed by atoms with Crippen molar-refractivity contribution in [1.29, 1.82) is 0 Å². The van der Waals surface area contributed by atoms with E-state index in [0.29, 0.717) is 5.92 Å². The smallest absolute Gasteiger partial charge is 0.128 e. The number of nitrogens with zero attached hydrogens (tertiary/aromatic N) is 1. The summed E-state index contributed by atoms with van der Waals surface area (Å²) in [7, 11) is 1.64. The molecule has 1 aromatic carbocycles. The molecule has 1 N–H and O–H groups in total. The number of halogens is 2. The van der Waals surface area contributed by atoms with Gasteiger partial charge in [-0.2, -0.15) is 0 Å². The van der Waals surface area contributed by atoms with E-state index in [1.807, 2.05) is 6.07 Å². The third-order valence-electron chi connectivity index (χ3n) is 4.66. The van der Waals surface area contributed by atoms with Gasteiger partial charge in [-0.15, -0.1) is 12.4 Å². The summed E-state index contributed by atoms with van der Waals surface area (Å²) in [5.74, 6) is 1.25. The van der Waals surface area contributed by atoms with Gasteiger partial charge < -0.3 is 10.1 Å². The molecule has 0 amide bonds. The Morgan fingerprint density at radius 3 is 2.57 bits per heavy atom. The number of piperazine rings is 1. The molecule has 1 atom stereocenters. The fraction of sp³-hybridized carbons (Fsp3) is 0.625. The van der Waals surface area contributed by atoms with Gasteiger partial charge in [-0.3, -0.25) is 4.90 Å². The summed E-state index contributed by atoms with van der Waals surface area (Å²) in [6.45, 7) is 3.99. The van der Waals surface area contributed by atoms with Gasteiger partial charge >= 0.3 is 0 Å². The minimum atomic E-state index is -0.0961. The Bertz CT molecular complexity index is 462. The number of nitrogens with one attached hydrogen (secondary N) is 1. The number of hydrogen-bond acceptors (Lipinski definition) is 3. The average Bonchev–Trinajstić information content (AvgIpc) is 2.44. The van der Waals surface area contributed by atoms with Gasteiger partial charge in [0, 0.05) is 37.8 Å². The van der Waals surface area contributed by atoms with Crippen LogP contribution in [-0.4, -0.2) is 38.2 Å². The van der Waals surface area contributed by atoms with Gasteiger partial charge in [-0.05, 0) is 37.0 Å². The van der Waals surface area contributed by atoms with Crippen molar-refractivity contribution in [2.45, 2.75) is 25.3 Å². The van der Waals surface area contributed by atoms with Crippen molar-refractivity contribution in [1.82, 2.24) is 10.2 Å². The molecule has 0 bridgehead atoms. The van der Waals surface area contributed by atoms with Crippen LogP contribution in [0.5, 0.6) is 5.75 Å². The molecule has 3 rings (SSSR count). The van der Waals surface area contributed by atoms with Gasteiger partial charge in [0.2, 0.25) is 0 Å². The molecule has 1 aliphatic heterocycles. The second kappa shape index (κ2) is 7.43. The summed E-state index contributed by atoms with van der Waals surface area (Å²) in [5.41, 5.74) is 0.816. The molecule has 118 valence electrons. The first kappa shape index (κ1) is 16.5. The topological polar surface area (TPSA) is 24.5 Å². The van der Waals surface area contributed by atoms with E-state index in [9.17, 15) is 4.39 Å². The van der Waals surface area contributed by atoms with Crippen LogP contribution in [0, 0.1) is 11.7 Å². The molecule has 2 aliphatic rings. The van der Waals surface area contributed by atoms with E-state index in [1.165, 1.54) is 19.3 Å². The number of hydrogen-bond donors (Lipinski definition) is 1. The predicted molar refractivity (Wildman–Crippen MR) is 84.7 cm³/mol. The quantitative estimate of drug-likeness (QED) is 0.924. The molecule has 3 nitrogen and oxygen atoms in total. The zero-order chi connectivity index (χ0) is 13.9. The van der Waals surface area contributed by atoms with Crippen LogP contribution >= 0.6 is 12.4 Å². The van der Waals surface area contributed by atoms with Crippen LogP contribution in [-0.2, 0) is 0 Å². The largest absolute Gasteiger partial charge is 0.497 e. The van der Waals surface area contributed by atoms with E-state index >= 15 is 0 Å². The van der Waals surface area contributed by atoms with Crippen LogP contribution in [0.1, 0.15) is 30.9 Å². The molecule has 2 fully saturated rings. The van der Waals surface area contributed by atoms with Crippen molar-refractivity contribution in [3.63, 3.8) is 0 Å². The summed E-state index contributed by atoms with van der Waals surface area (Å²) in [6, 6.07) is 5.34. The number of ether oxygens (including phenoxy) is 1. The van der Waals surface area contributed by atoms with E-state index < -0.39 is 0 Å². The molecule has 1 aromatic rings. The van der Waals surface area contributed by atoms with E-state index in [-0.39, 0.29) is 24.3 Å². The summed E-state index contributed by atoms with van der Waals surface area (Å²) >= 11 is 0. The zero-order valence-electron chi connectivity index (χ0n) is 12.5. The van der Waals surface area contributed by atoms with Crippen molar-refractivity contribution >= 4 is 12.4 Å². The lowest BCUT2D eigenvalue weighted by atomic mass is 9.76. The second-order valence-corrected chi connectivity index (χ2v) is 5.81. The van der Waals surface area contributed by atoms with Gasteiger partial charge in [0.05, 0.1) is 7.11 Å². The minimum absolute atomic E-state index is 0. The summed E-state index contributed by atoms with van der Waals surface area (Å²) in [6.07, 6.45) is 3.70. The summed E-state index contributed by atoms with van der Waals surface area (Å²) in [5, 5.41) is 3.37. The molecule has 1 aliphatic carbocycles. The fourth-order valence-corrected chi connectivity index (χ4v) is 3.34. The van der Waals surface area contributed by atoms with Crippen LogP contribution in [0.4, 0.5) is 4.39 Å². The molecule has 5 heteroatoms. The van der Waals surface area contributed by atoms with Gasteiger partial charge in [-0.1, -0.05) is 6.42 Å². The summed E-state index contributed by atoms with van der Waals surface area (Å²) in [4.78, 5) is 2.44. The minimum Gasteiger partial charge on any atom is -0.497 e. The molecule has 0 unspecified atom stereocenters. The summed E-state index contributed by atoms with van der Waals surface area (Å²) < 4.78 is 19.6. The first-order valence-electron chi connectivity index (χ1n) is 7.58. The lowest BCUT2D eigenvalue weighted by Crippen LogP contribution is -2.48. The van der Waals surface area contributed by atoms with Gasteiger partial charge in [0.15, 0.2) is 0 Å². The first-order valence-corrected chi connectivity index (χ1v) is 7.58. The van der Waals surface area contributed by atoms with Crippen molar-refractivity contribution in [2.75, 3.05) is 33.3 Å². The molecule has 0 radical (unpaired) electrons. The predicted octanol–water partition coefficient (Wildman–Crippen LogP) is 3.00. The maximum atomic E-state index is 14.3. The lowest BCUT2D eigenvalue weighted by molar-refractivity contribution is 0.0810. The standard InChI is InChI=1S/C16H23FN2O.ClH/c1-20-13-5-6-15(17)14(11-13)16(12-3-2-4-12)19-9-7-18-8-10-19;/h5-6,11-12,16,18H,2-4,7-10H2,1H3;1H/t16-;/m1./s1. The molecule has 0 aromatic heterocycles. The van der Waals surface area contributed by atoms with Crippen LogP contribution in [0.15, 0.2) is 18.2 Å². The third kappa shape index (κ3) is 3.50. The molecular weight excluding hydrogens is 291 g/mol. The van der Waals surface area contributed by atoms with E-state index in [1.54, 1.807) is 19.2 Å². The van der Waals surface area contributed by atoms with E-state index in [0.717, 1.165) is 37.5 Å². The molecule has 1 saturated carbocycles. The van der Waals surface area contributed by atoms with Crippen LogP contribution in [0.25, 0.3) is 0 Å². The molecule has 21 heavy (non-hydrogen) atoms. The van der Waals surface area contributed by atoms with E-state index in [4.69, 9.17) is 4.74 Å². The number of rotatable bonds is 4. The maximum Gasteiger partial charge on any atom is 0.128 e. The van der Waals surface area contributed by atoms with Crippen LogP contribution in [0.2, 0.25) is 0 Å².